The first-order chi connectivity index (χ1) is 8.29. The maximum atomic E-state index is 11.7. The molecule has 0 saturated carbocycles. The molecular formula is C12H17N3O3. The highest BCUT2D eigenvalue weighted by Gasteiger charge is 2.21. The van der Waals surface area contributed by atoms with E-state index in [-0.39, 0.29) is 12.5 Å². The van der Waals surface area contributed by atoms with Crippen LogP contribution in [0.5, 0.6) is 5.75 Å². The van der Waals surface area contributed by atoms with Gasteiger partial charge < -0.3 is 21.5 Å². The second-order valence-corrected chi connectivity index (χ2v) is 4.46. The standard InChI is InChI=1S/C12H17N3O3/c1-12(2,14)11(17)15-8-4-3-5-9(6-8)18-7-10(13)16/h3-6H,7,14H2,1-2H3,(H2,13,16)(H,15,17). The van der Waals surface area contributed by atoms with Crippen molar-refractivity contribution in [2.45, 2.75) is 19.4 Å². The number of rotatable bonds is 5. The van der Waals surface area contributed by atoms with Crippen molar-refractivity contribution in [2.75, 3.05) is 11.9 Å². The van der Waals surface area contributed by atoms with Crippen molar-refractivity contribution in [1.29, 1.82) is 0 Å². The Hall–Kier alpha value is -2.08. The molecule has 2 amide bonds. The fourth-order valence-electron chi connectivity index (χ4n) is 1.11. The van der Waals surface area contributed by atoms with E-state index in [1.54, 1.807) is 38.1 Å². The quantitative estimate of drug-likeness (QED) is 0.696. The summed E-state index contributed by atoms with van der Waals surface area (Å²) in [6.07, 6.45) is 0. The van der Waals surface area contributed by atoms with Crippen LogP contribution < -0.4 is 21.5 Å². The molecule has 0 fully saturated rings. The molecule has 5 N–H and O–H groups in total. The van der Waals surface area contributed by atoms with Gasteiger partial charge in [-0.2, -0.15) is 0 Å². The smallest absolute Gasteiger partial charge is 0.255 e. The average molecular weight is 251 g/mol. The number of carbonyl (C=O) groups excluding carboxylic acids is 2. The van der Waals surface area contributed by atoms with E-state index in [9.17, 15) is 9.59 Å². The monoisotopic (exact) mass is 251 g/mol. The lowest BCUT2D eigenvalue weighted by molar-refractivity contribution is -0.120. The summed E-state index contributed by atoms with van der Waals surface area (Å²) in [4.78, 5) is 22.2. The molecule has 18 heavy (non-hydrogen) atoms. The van der Waals surface area contributed by atoms with Crippen molar-refractivity contribution in [2.24, 2.45) is 11.5 Å². The van der Waals surface area contributed by atoms with Crippen LogP contribution in [0.25, 0.3) is 0 Å². The Morgan fingerprint density at radius 2 is 2.06 bits per heavy atom. The number of carbonyl (C=O) groups is 2. The predicted octanol–water partition coefficient (Wildman–Crippen LogP) is 0.226. The maximum Gasteiger partial charge on any atom is 0.255 e. The number of hydrogen-bond donors (Lipinski definition) is 3. The third kappa shape index (κ3) is 4.42. The molecule has 1 aromatic carbocycles. The van der Waals surface area contributed by atoms with Crippen LogP contribution in [-0.2, 0) is 9.59 Å². The largest absolute Gasteiger partial charge is 0.484 e. The molecule has 1 aromatic rings. The summed E-state index contributed by atoms with van der Waals surface area (Å²) in [6.45, 7) is 3.01. The van der Waals surface area contributed by atoms with Gasteiger partial charge in [0.1, 0.15) is 5.75 Å². The predicted molar refractivity (Wildman–Crippen MR) is 68.0 cm³/mol. The molecule has 6 nitrogen and oxygen atoms in total. The van der Waals surface area contributed by atoms with Gasteiger partial charge >= 0.3 is 0 Å². The Morgan fingerprint density at radius 3 is 2.61 bits per heavy atom. The minimum absolute atomic E-state index is 0.209. The molecule has 0 radical (unpaired) electrons. The fraction of sp³-hybridized carbons (Fsp3) is 0.333. The summed E-state index contributed by atoms with van der Waals surface area (Å²) in [5.41, 5.74) is 10.2. The number of amides is 2. The number of primary amides is 1. The molecule has 6 heteroatoms. The molecule has 0 heterocycles. The van der Waals surface area contributed by atoms with E-state index >= 15 is 0 Å². The summed E-state index contributed by atoms with van der Waals surface area (Å²) in [5.74, 6) is -0.427. The summed E-state index contributed by atoms with van der Waals surface area (Å²) in [5, 5.41) is 2.65. The molecule has 1 rings (SSSR count). The summed E-state index contributed by atoms with van der Waals surface area (Å²) in [7, 11) is 0. The van der Waals surface area contributed by atoms with Crippen molar-refractivity contribution in [3.8, 4) is 5.75 Å². The lowest BCUT2D eigenvalue weighted by Crippen LogP contribution is -2.45. The lowest BCUT2D eigenvalue weighted by Gasteiger charge is -2.18. The van der Waals surface area contributed by atoms with Gasteiger partial charge in [0.15, 0.2) is 6.61 Å². The van der Waals surface area contributed by atoms with E-state index in [2.05, 4.69) is 5.32 Å². The molecule has 0 aromatic heterocycles. The SMILES string of the molecule is CC(C)(N)C(=O)Nc1cccc(OCC(N)=O)c1. The van der Waals surface area contributed by atoms with Crippen LogP contribution in [0.4, 0.5) is 5.69 Å². The number of nitrogens with one attached hydrogen (secondary N) is 1. The Kier molecular flexibility index (Phi) is 4.28. The van der Waals surface area contributed by atoms with Gasteiger partial charge in [0.25, 0.3) is 5.91 Å². The average Bonchev–Trinajstić information content (AvgIpc) is 2.25. The number of hydrogen-bond acceptors (Lipinski definition) is 4. The first kappa shape index (κ1) is 14.0. The summed E-state index contributed by atoms with van der Waals surface area (Å²) >= 11 is 0. The van der Waals surface area contributed by atoms with Crippen LogP contribution in [0.3, 0.4) is 0 Å². The van der Waals surface area contributed by atoms with E-state index in [1.165, 1.54) is 0 Å². The molecular weight excluding hydrogens is 234 g/mol. The molecule has 98 valence electrons. The van der Waals surface area contributed by atoms with Gasteiger partial charge in [-0.25, -0.2) is 0 Å². The summed E-state index contributed by atoms with van der Waals surface area (Å²) < 4.78 is 5.12. The van der Waals surface area contributed by atoms with Gasteiger partial charge in [0, 0.05) is 11.8 Å². The van der Waals surface area contributed by atoms with E-state index in [4.69, 9.17) is 16.2 Å². The third-order valence-corrected chi connectivity index (χ3v) is 2.06. The number of anilines is 1. The molecule has 0 aliphatic rings. The molecule has 0 aliphatic heterocycles. The van der Waals surface area contributed by atoms with Gasteiger partial charge in [-0.1, -0.05) is 6.07 Å². The summed E-state index contributed by atoms with van der Waals surface area (Å²) in [6, 6.07) is 6.63. The number of ether oxygens (including phenoxy) is 1. The van der Waals surface area contributed by atoms with Crippen molar-refractivity contribution in [3.63, 3.8) is 0 Å². The van der Waals surface area contributed by atoms with E-state index in [1.807, 2.05) is 0 Å². The minimum Gasteiger partial charge on any atom is -0.484 e. The van der Waals surface area contributed by atoms with Crippen LogP contribution in [-0.4, -0.2) is 24.0 Å². The van der Waals surface area contributed by atoms with Gasteiger partial charge in [-0.05, 0) is 26.0 Å². The Labute approximate surface area is 105 Å². The van der Waals surface area contributed by atoms with Gasteiger partial charge in [0.2, 0.25) is 5.91 Å². The first-order valence-corrected chi connectivity index (χ1v) is 5.40. The van der Waals surface area contributed by atoms with Crippen LogP contribution >= 0.6 is 0 Å². The molecule has 0 bridgehead atoms. The van der Waals surface area contributed by atoms with Gasteiger partial charge in [0.05, 0.1) is 5.54 Å². The zero-order valence-electron chi connectivity index (χ0n) is 10.4. The molecule has 0 atom stereocenters. The van der Waals surface area contributed by atoms with Crippen molar-refractivity contribution < 1.29 is 14.3 Å². The van der Waals surface area contributed by atoms with E-state index in [0.29, 0.717) is 11.4 Å². The topological polar surface area (TPSA) is 107 Å². The fourth-order valence-corrected chi connectivity index (χ4v) is 1.11. The molecule has 0 aliphatic carbocycles. The van der Waals surface area contributed by atoms with Crippen molar-refractivity contribution in [1.82, 2.24) is 0 Å². The Bertz CT molecular complexity index is 452. The number of nitrogens with two attached hydrogens (primary N) is 2. The highest BCUT2D eigenvalue weighted by atomic mass is 16.5. The van der Waals surface area contributed by atoms with E-state index < -0.39 is 11.4 Å². The van der Waals surface area contributed by atoms with Crippen LogP contribution in [0.15, 0.2) is 24.3 Å². The van der Waals surface area contributed by atoms with Gasteiger partial charge in [-0.3, -0.25) is 9.59 Å². The van der Waals surface area contributed by atoms with Crippen molar-refractivity contribution in [3.05, 3.63) is 24.3 Å². The Morgan fingerprint density at radius 1 is 1.39 bits per heavy atom. The highest BCUT2D eigenvalue weighted by molar-refractivity contribution is 5.97. The highest BCUT2D eigenvalue weighted by Crippen LogP contribution is 2.18. The number of benzene rings is 1. The Balaban J connectivity index is 2.70. The normalized spacial score (nSPS) is 10.8. The van der Waals surface area contributed by atoms with Crippen LogP contribution in [0.1, 0.15) is 13.8 Å². The van der Waals surface area contributed by atoms with E-state index in [0.717, 1.165) is 0 Å². The minimum atomic E-state index is -0.968. The molecule has 0 unspecified atom stereocenters. The first-order valence-electron chi connectivity index (χ1n) is 5.40. The zero-order valence-corrected chi connectivity index (χ0v) is 10.4. The maximum absolute atomic E-state index is 11.7. The van der Waals surface area contributed by atoms with Crippen LogP contribution in [0, 0.1) is 0 Å². The molecule has 0 spiro atoms. The third-order valence-electron chi connectivity index (χ3n) is 2.06. The second kappa shape index (κ2) is 5.50. The van der Waals surface area contributed by atoms with Crippen LogP contribution in [0.2, 0.25) is 0 Å². The molecule has 0 saturated heterocycles. The lowest BCUT2D eigenvalue weighted by atomic mass is 10.1. The van der Waals surface area contributed by atoms with Crippen molar-refractivity contribution >= 4 is 17.5 Å². The zero-order chi connectivity index (χ0) is 13.8. The second-order valence-electron chi connectivity index (χ2n) is 4.46. The van der Waals surface area contributed by atoms with Gasteiger partial charge in [-0.15, -0.1) is 0 Å².